The van der Waals surface area contributed by atoms with Crippen molar-refractivity contribution in [3.8, 4) is 0 Å². The van der Waals surface area contributed by atoms with Crippen molar-refractivity contribution in [1.82, 2.24) is 10.6 Å². The molecule has 0 saturated heterocycles. The first-order valence-corrected chi connectivity index (χ1v) is 5.67. The van der Waals surface area contributed by atoms with Gasteiger partial charge in [-0.1, -0.05) is 20.8 Å². The number of amides is 1. The standard InChI is InChI=1S/C11H24N2O2/c1-5-6-12-11(15)9(4)13-10(7-14)8(2)3/h8-10,13-14H,5-7H2,1-4H3,(H,12,15)/t9?,10-/m1/s1. The van der Waals surface area contributed by atoms with Crippen LogP contribution in [0.3, 0.4) is 0 Å². The normalized spacial score (nSPS) is 15.1. The Hall–Kier alpha value is -0.610. The molecule has 0 aromatic heterocycles. The molecule has 0 aliphatic heterocycles. The molecule has 0 radical (unpaired) electrons. The van der Waals surface area contributed by atoms with E-state index in [-0.39, 0.29) is 24.6 Å². The third-order valence-electron chi connectivity index (χ3n) is 2.41. The summed E-state index contributed by atoms with van der Waals surface area (Å²) >= 11 is 0. The average molecular weight is 216 g/mol. The first-order valence-electron chi connectivity index (χ1n) is 5.67. The van der Waals surface area contributed by atoms with Crippen molar-refractivity contribution in [2.24, 2.45) is 5.92 Å². The summed E-state index contributed by atoms with van der Waals surface area (Å²) in [6.07, 6.45) is 0.937. The van der Waals surface area contributed by atoms with Gasteiger partial charge in [-0.05, 0) is 19.3 Å². The minimum Gasteiger partial charge on any atom is -0.395 e. The maximum atomic E-state index is 11.5. The Balaban J connectivity index is 3.98. The van der Waals surface area contributed by atoms with Crippen LogP contribution >= 0.6 is 0 Å². The summed E-state index contributed by atoms with van der Waals surface area (Å²) < 4.78 is 0. The summed E-state index contributed by atoms with van der Waals surface area (Å²) in [5, 5.41) is 15.0. The first-order chi connectivity index (χ1) is 7.02. The van der Waals surface area contributed by atoms with Gasteiger partial charge in [0.25, 0.3) is 0 Å². The molecule has 2 atom stereocenters. The highest BCUT2D eigenvalue weighted by Crippen LogP contribution is 2.01. The van der Waals surface area contributed by atoms with Gasteiger partial charge in [0, 0.05) is 12.6 Å². The Labute approximate surface area is 92.4 Å². The fraction of sp³-hybridized carbons (Fsp3) is 0.909. The zero-order valence-electron chi connectivity index (χ0n) is 10.2. The number of aliphatic hydroxyl groups is 1. The topological polar surface area (TPSA) is 61.4 Å². The zero-order chi connectivity index (χ0) is 11.8. The van der Waals surface area contributed by atoms with E-state index in [1.807, 2.05) is 27.7 Å². The Morgan fingerprint density at radius 2 is 1.93 bits per heavy atom. The second kappa shape index (κ2) is 7.65. The van der Waals surface area contributed by atoms with Crippen LogP contribution in [-0.4, -0.2) is 36.2 Å². The van der Waals surface area contributed by atoms with E-state index < -0.39 is 0 Å². The van der Waals surface area contributed by atoms with Gasteiger partial charge in [-0.25, -0.2) is 0 Å². The molecule has 1 unspecified atom stereocenters. The number of hydrogen-bond donors (Lipinski definition) is 3. The zero-order valence-corrected chi connectivity index (χ0v) is 10.2. The molecular weight excluding hydrogens is 192 g/mol. The van der Waals surface area contributed by atoms with Crippen LogP contribution in [0.2, 0.25) is 0 Å². The Bertz CT molecular complexity index is 183. The third kappa shape index (κ3) is 5.74. The van der Waals surface area contributed by atoms with Crippen LogP contribution in [0.15, 0.2) is 0 Å². The lowest BCUT2D eigenvalue weighted by molar-refractivity contribution is -0.123. The average Bonchev–Trinajstić information content (AvgIpc) is 2.21. The quantitative estimate of drug-likeness (QED) is 0.581. The minimum absolute atomic E-state index is 0.00375. The molecule has 1 amide bonds. The Kier molecular flexibility index (Phi) is 7.34. The maximum absolute atomic E-state index is 11.5. The van der Waals surface area contributed by atoms with E-state index in [0.717, 1.165) is 6.42 Å². The van der Waals surface area contributed by atoms with E-state index in [1.165, 1.54) is 0 Å². The minimum atomic E-state index is -0.254. The number of hydrogen-bond acceptors (Lipinski definition) is 3. The summed E-state index contributed by atoms with van der Waals surface area (Å²) in [5.74, 6) is 0.312. The SMILES string of the molecule is CCCNC(=O)C(C)N[C@H](CO)C(C)C. The van der Waals surface area contributed by atoms with Gasteiger partial charge in [-0.3, -0.25) is 4.79 Å². The third-order valence-corrected chi connectivity index (χ3v) is 2.41. The highest BCUT2D eigenvalue weighted by atomic mass is 16.3. The smallest absolute Gasteiger partial charge is 0.236 e. The van der Waals surface area contributed by atoms with Gasteiger partial charge < -0.3 is 15.7 Å². The van der Waals surface area contributed by atoms with Crippen LogP contribution in [0.5, 0.6) is 0 Å². The molecule has 4 heteroatoms. The van der Waals surface area contributed by atoms with Gasteiger partial charge in [-0.2, -0.15) is 0 Å². The number of aliphatic hydroxyl groups excluding tert-OH is 1. The van der Waals surface area contributed by atoms with Crippen molar-refractivity contribution in [3.63, 3.8) is 0 Å². The van der Waals surface area contributed by atoms with Gasteiger partial charge in [0.05, 0.1) is 12.6 Å². The Morgan fingerprint density at radius 1 is 1.33 bits per heavy atom. The molecule has 0 spiro atoms. The summed E-state index contributed by atoms with van der Waals surface area (Å²) in [6.45, 7) is 8.63. The molecule has 0 saturated carbocycles. The van der Waals surface area contributed by atoms with E-state index in [2.05, 4.69) is 10.6 Å². The van der Waals surface area contributed by atoms with E-state index in [1.54, 1.807) is 0 Å². The Morgan fingerprint density at radius 3 is 2.33 bits per heavy atom. The van der Waals surface area contributed by atoms with Crippen LogP contribution < -0.4 is 10.6 Å². The van der Waals surface area contributed by atoms with Crippen LogP contribution in [0, 0.1) is 5.92 Å². The van der Waals surface area contributed by atoms with Crippen molar-refractivity contribution >= 4 is 5.91 Å². The van der Waals surface area contributed by atoms with Gasteiger partial charge in [0.2, 0.25) is 5.91 Å². The van der Waals surface area contributed by atoms with Crippen molar-refractivity contribution in [2.75, 3.05) is 13.2 Å². The van der Waals surface area contributed by atoms with Crippen LogP contribution in [-0.2, 0) is 4.79 Å². The predicted molar refractivity (Wildman–Crippen MR) is 61.6 cm³/mol. The molecule has 0 rings (SSSR count). The van der Waals surface area contributed by atoms with E-state index in [9.17, 15) is 4.79 Å². The van der Waals surface area contributed by atoms with Crippen molar-refractivity contribution in [2.45, 2.75) is 46.2 Å². The monoisotopic (exact) mass is 216 g/mol. The van der Waals surface area contributed by atoms with E-state index in [4.69, 9.17) is 5.11 Å². The lowest BCUT2D eigenvalue weighted by Crippen LogP contribution is -2.49. The van der Waals surface area contributed by atoms with Crippen LogP contribution in [0.25, 0.3) is 0 Å². The molecule has 15 heavy (non-hydrogen) atoms. The second-order valence-corrected chi connectivity index (χ2v) is 4.21. The highest BCUT2D eigenvalue weighted by molar-refractivity contribution is 5.81. The molecule has 0 bridgehead atoms. The summed E-state index contributed by atoms with van der Waals surface area (Å²) in [6, 6.07) is -0.275. The fourth-order valence-corrected chi connectivity index (χ4v) is 1.25. The van der Waals surface area contributed by atoms with Gasteiger partial charge in [0.15, 0.2) is 0 Å². The maximum Gasteiger partial charge on any atom is 0.236 e. The van der Waals surface area contributed by atoms with Crippen molar-refractivity contribution in [3.05, 3.63) is 0 Å². The summed E-state index contributed by atoms with van der Waals surface area (Å²) in [4.78, 5) is 11.5. The van der Waals surface area contributed by atoms with E-state index >= 15 is 0 Å². The molecule has 0 fully saturated rings. The molecule has 0 heterocycles. The number of nitrogens with one attached hydrogen (secondary N) is 2. The van der Waals surface area contributed by atoms with Crippen LogP contribution in [0.1, 0.15) is 34.1 Å². The molecule has 4 nitrogen and oxygen atoms in total. The second-order valence-electron chi connectivity index (χ2n) is 4.21. The molecule has 90 valence electrons. The summed E-state index contributed by atoms with van der Waals surface area (Å²) in [5.41, 5.74) is 0. The molecule has 0 aliphatic rings. The summed E-state index contributed by atoms with van der Waals surface area (Å²) in [7, 11) is 0. The number of carbonyl (C=O) groups is 1. The van der Waals surface area contributed by atoms with Crippen LogP contribution in [0.4, 0.5) is 0 Å². The number of rotatable bonds is 7. The predicted octanol–water partition coefficient (Wildman–Crippen LogP) is 0.508. The molecule has 0 aromatic carbocycles. The molecule has 3 N–H and O–H groups in total. The van der Waals surface area contributed by atoms with Gasteiger partial charge in [-0.15, -0.1) is 0 Å². The molecule has 0 aliphatic carbocycles. The van der Waals surface area contributed by atoms with Crippen molar-refractivity contribution < 1.29 is 9.90 Å². The lowest BCUT2D eigenvalue weighted by Gasteiger charge is -2.24. The van der Waals surface area contributed by atoms with Gasteiger partial charge >= 0.3 is 0 Å². The molecular formula is C11H24N2O2. The fourth-order valence-electron chi connectivity index (χ4n) is 1.25. The van der Waals surface area contributed by atoms with Gasteiger partial charge in [0.1, 0.15) is 0 Å². The van der Waals surface area contributed by atoms with E-state index in [0.29, 0.717) is 12.5 Å². The first kappa shape index (κ1) is 14.4. The largest absolute Gasteiger partial charge is 0.395 e. The lowest BCUT2D eigenvalue weighted by atomic mass is 10.0. The number of carbonyl (C=O) groups excluding carboxylic acids is 1. The molecule has 0 aromatic rings. The highest BCUT2D eigenvalue weighted by Gasteiger charge is 2.18. The van der Waals surface area contributed by atoms with Crippen molar-refractivity contribution in [1.29, 1.82) is 0 Å².